The van der Waals surface area contributed by atoms with E-state index in [0.717, 1.165) is 5.56 Å². The first-order valence-electron chi connectivity index (χ1n) is 3.33. The summed E-state index contributed by atoms with van der Waals surface area (Å²) < 4.78 is 5.66. The molecule has 1 aromatic heterocycles. The standard InChI is InChI=1S/C8H7BrN2O/c1-12-7-4-6(2-3-10)8(9)11-5-7/h4-5H,2H2,1H3. The maximum atomic E-state index is 8.47. The summed E-state index contributed by atoms with van der Waals surface area (Å²) >= 11 is 3.24. The highest BCUT2D eigenvalue weighted by Crippen LogP contribution is 2.19. The zero-order chi connectivity index (χ0) is 8.97. The molecule has 0 spiro atoms. The molecule has 0 bridgehead atoms. The molecule has 0 saturated carbocycles. The van der Waals surface area contributed by atoms with Crippen LogP contribution in [0.1, 0.15) is 5.56 Å². The number of methoxy groups -OCH3 is 1. The second-order valence-electron chi connectivity index (χ2n) is 2.16. The first-order valence-corrected chi connectivity index (χ1v) is 4.12. The van der Waals surface area contributed by atoms with Gasteiger partial charge in [0.2, 0.25) is 0 Å². The van der Waals surface area contributed by atoms with Crippen LogP contribution < -0.4 is 4.74 Å². The normalized spacial score (nSPS) is 9.08. The molecule has 0 saturated heterocycles. The summed E-state index contributed by atoms with van der Waals surface area (Å²) in [7, 11) is 1.57. The van der Waals surface area contributed by atoms with Gasteiger partial charge >= 0.3 is 0 Å². The third-order valence-electron chi connectivity index (χ3n) is 1.39. The molecule has 0 radical (unpaired) electrons. The Morgan fingerprint density at radius 1 is 1.75 bits per heavy atom. The number of halogens is 1. The summed E-state index contributed by atoms with van der Waals surface area (Å²) in [6.45, 7) is 0. The van der Waals surface area contributed by atoms with Crippen LogP contribution in [0, 0.1) is 11.3 Å². The molecule has 0 N–H and O–H groups in total. The molecule has 0 unspecified atom stereocenters. The first-order chi connectivity index (χ1) is 5.77. The summed E-state index contributed by atoms with van der Waals surface area (Å²) in [4.78, 5) is 4.01. The van der Waals surface area contributed by atoms with E-state index in [1.807, 2.05) is 0 Å². The highest BCUT2D eigenvalue weighted by Gasteiger charge is 2.01. The average molecular weight is 227 g/mol. The van der Waals surface area contributed by atoms with Crippen LogP contribution in [-0.4, -0.2) is 12.1 Å². The SMILES string of the molecule is COc1cnc(Br)c(CC#N)c1. The minimum Gasteiger partial charge on any atom is -0.495 e. The van der Waals surface area contributed by atoms with Gasteiger partial charge in [0.15, 0.2) is 0 Å². The lowest BCUT2D eigenvalue weighted by molar-refractivity contribution is 0.412. The van der Waals surface area contributed by atoms with Crippen LogP contribution in [0.25, 0.3) is 0 Å². The number of hydrogen-bond donors (Lipinski definition) is 0. The Kier molecular flexibility index (Phi) is 3.06. The number of ether oxygens (including phenoxy) is 1. The highest BCUT2D eigenvalue weighted by atomic mass is 79.9. The maximum Gasteiger partial charge on any atom is 0.137 e. The van der Waals surface area contributed by atoms with Gasteiger partial charge in [-0.2, -0.15) is 5.26 Å². The van der Waals surface area contributed by atoms with Crippen molar-refractivity contribution in [3.05, 3.63) is 22.4 Å². The molecular weight excluding hydrogens is 220 g/mol. The van der Waals surface area contributed by atoms with Crippen molar-refractivity contribution in [2.75, 3.05) is 7.11 Å². The average Bonchev–Trinajstić information content (AvgIpc) is 2.09. The van der Waals surface area contributed by atoms with E-state index in [0.29, 0.717) is 16.8 Å². The van der Waals surface area contributed by atoms with E-state index in [1.165, 1.54) is 0 Å². The molecule has 0 aliphatic carbocycles. The van der Waals surface area contributed by atoms with E-state index in [-0.39, 0.29) is 0 Å². The predicted molar refractivity (Wildman–Crippen MR) is 47.8 cm³/mol. The lowest BCUT2D eigenvalue weighted by atomic mass is 10.2. The monoisotopic (exact) mass is 226 g/mol. The second kappa shape index (κ2) is 4.07. The molecule has 0 fully saturated rings. The minimum absolute atomic E-state index is 0.338. The van der Waals surface area contributed by atoms with Gasteiger partial charge in [-0.15, -0.1) is 0 Å². The maximum absolute atomic E-state index is 8.47. The molecule has 62 valence electrons. The first kappa shape index (κ1) is 9.01. The fourth-order valence-electron chi connectivity index (χ4n) is 0.793. The Morgan fingerprint density at radius 3 is 3.08 bits per heavy atom. The number of hydrogen-bond acceptors (Lipinski definition) is 3. The summed E-state index contributed by atoms with van der Waals surface area (Å²) in [6, 6.07) is 3.84. The molecule has 1 rings (SSSR count). The van der Waals surface area contributed by atoms with Gasteiger partial charge in [-0.05, 0) is 22.0 Å². The number of aromatic nitrogens is 1. The Morgan fingerprint density at radius 2 is 2.50 bits per heavy atom. The van der Waals surface area contributed by atoms with Gasteiger partial charge in [0.25, 0.3) is 0 Å². The van der Waals surface area contributed by atoms with Gasteiger partial charge in [0.1, 0.15) is 10.4 Å². The van der Waals surface area contributed by atoms with E-state index in [4.69, 9.17) is 10.00 Å². The van der Waals surface area contributed by atoms with E-state index in [2.05, 4.69) is 27.0 Å². The van der Waals surface area contributed by atoms with Crippen LogP contribution in [0.5, 0.6) is 5.75 Å². The topological polar surface area (TPSA) is 45.9 Å². The van der Waals surface area contributed by atoms with Crippen LogP contribution in [-0.2, 0) is 6.42 Å². The van der Waals surface area contributed by atoms with Crippen molar-refractivity contribution < 1.29 is 4.74 Å². The largest absolute Gasteiger partial charge is 0.495 e. The summed E-state index contributed by atoms with van der Waals surface area (Å²) in [5.74, 6) is 0.670. The minimum atomic E-state index is 0.338. The Bertz CT molecular complexity index is 319. The van der Waals surface area contributed by atoms with Gasteiger partial charge < -0.3 is 4.74 Å². The molecule has 3 nitrogen and oxygen atoms in total. The fourth-order valence-corrected chi connectivity index (χ4v) is 1.15. The molecule has 0 atom stereocenters. The lowest BCUT2D eigenvalue weighted by Crippen LogP contribution is -1.90. The summed E-state index contributed by atoms with van der Waals surface area (Å²) in [5.41, 5.74) is 0.844. The second-order valence-corrected chi connectivity index (χ2v) is 2.91. The molecule has 1 heterocycles. The lowest BCUT2D eigenvalue weighted by Gasteiger charge is -2.02. The molecule has 1 aromatic rings. The third-order valence-corrected chi connectivity index (χ3v) is 2.11. The molecular formula is C8H7BrN2O. The van der Waals surface area contributed by atoms with E-state index < -0.39 is 0 Å². The van der Waals surface area contributed by atoms with Gasteiger partial charge in [-0.1, -0.05) is 0 Å². The number of nitriles is 1. The van der Waals surface area contributed by atoms with Gasteiger partial charge in [0.05, 0.1) is 25.8 Å². The molecule has 0 aromatic carbocycles. The van der Waals surface area contributed by atoms with Crippen molar-refractivity contribution in [2.45, 2.75) is 6.42 Å². The summed E-state index contributed by atoms with van der Waals surface area (Å²) in [5, 5.41) is 8.47. The van der Waals surface area contributed by atoms with E-state index in [9.17, 15) is 0 Å². The molecule has 0 amide bonds. The van der Waals surface area contributed by atoms with Crippen LogP contribution in [0.15, 0.2) is 16.9 Å². The molecule has 4 heteroatoms. The molecule has 0 aliphatic heterocycles. The van der Waals surface area contributed by atoms with Crippen molar-refractivity contribution in [1.82, 2.24) is 4.98 Å². The number of nitrogens with zero attached hydrogens (tertiary/aromatic N) is 2. The Balaban J connectivity index is 3.01. The van der Waals surface area contributed by atoms with Crippen molar-refractivity contribution >= 4 is 15.9 Å². The van der Waals surface area contributed by atoms with E-state index >= 15 is 0 Å². The zero-order valence-electron chi connectivity index (χ0n) is 6.54. The Hall–Kier alpha value is -1.08. The van der Waals surface area contributed by atoms with Crippen molar-refractivity contribution in [3.63, 3.8) is 0 Å². The highest BCUT2D eigenvalue weighted by molar-refractivity contribution is 9.10. The Labute approximate surface area is 79.1 Å². The van der Waals surface area contributed by atoms with Crippen LogP contribution >= 0.6 is 15.9 Å². The van der Waals surface area contributed by atoms with Crippen molar-refractivity contribution in [3.8, 4) is 11.8 Å². The van der Waals surface area contributed by atoms with Gasteiger partial charge in [-0.3, -0.25) is 0 Å². The van der Waals surface area contributed by atoms with Gasteiger partial charge in [0, 0.05) is 5.56 Å². The number of pyridine rings is 1. The van der Waals surface area contributed by atoms with Gasteiger partial charge in [-0.25, -0.2) is 4.98 Å². The third kappa shape index (κ3) is 1.95. The smallest absolute Gasteiger partial charge is 0.137 e. The van der Waals surface area contributed by atoms with Crippen LogP contribution in [0.4, 0.5) is 0 Å². The van der Waals surface area contributed by atoms with Crippen LogP contribution in [0.2, 0.25) is 0 Å². The predicted octanol–water partition coefficient (Wildman–Crippen LogP) is 1.92. The number of rotatable bonds is 2. The zero-order valence-corrected chi connectivity index (χ0v) is 8.13. The fraction of sp³-hybridized carbons (Fsp3) is 0.250. The van der Waals surface area contributed by atoms with Crippen LogP contribution in [0.3, 0.4) is 0 Å². The van der Waals surface area contributed by atoms with Crippen molar-refractivity contribution in [1.29, 1.82) is 5.26 Å². The quantitative estimate of drug-likeness (QED) is 0.725. The summed E-state index contributed by atoms with van der Waals surface area (Å²) in [6.07, 6.45) is 1.94. The molecule has 0 aliphatic rings. The molecule has 12 heavy (non-hydrogen) atoms. The van der Waals surface area contributed by atoms with E-state index in [1.54, 1.807) is 19.4 Å². The van der Waals surface area contributed by atoms with Crippen molar-refractivity contribution in [2.24, 2.45) is 0 Å².